The van der Waals surface area contributed by atoms with Gasteiger partial charge < -0.3 is 29.6 Å². The fourth-order valence-corrected chi connectivity index (χ4v) is 4.95. The molecule has 1 atom stereocenters. The maximum absolute atomic E-state index is 13.0. The Morgan fingerprint density at radius 1 is 1.00 bits per heavy atom. The normalized spacial score (nSPS) is 15.8. The third-order valence-corrected chi connectivity index (χ3v) is 6.77. The Morgan fingerprint density at radius 2 is 1.62 bits per heavy atom. The largest absolute Gasteiger partial charge is 0.493 e. The van der Waals surface area contributed by atoms with Crippen LogP contribution < -0.4 is 24.8 Å². The summed E-state index contributed by atoms with van der Waals surface area (Å²) in [5.41, 5.74) is 0.280. The number of nitrogens with one attached hydrogen (secondary N) is 2. The highest BCUT2D eigenvalue weighted by molar-refractivity contribution is 7.91. The number of urea groups is 1. The van der Waals surface area contributed by atoms with E-state index in [4.69, 9.17) is 18.9 Å². The lowest BCUT2D eigenvalue weighted by molar-refractivity contribution is -0.139. The second-order valence-corrected chi connectivity index (χ2v) is 9.16. The van der Waals surface area contributed by atoms with E-state index in [1.54, 1.807) is 37.3 Å². The first-order valence-corrected chi connectivity index (χ1v) is 12.0. The van der Waals surface area contributed by atoms with Gasteiger partial charge in [-0.15, -0.1) is 0 Å². The van der Waals surface area contributed by atoms with Crippen molar-refractivity contribution < 1.29 is 37.0 Å². The fourth-order valence-electron chi connectivity index (χ4n) is 3.60. The molecule has 182 valence electrons. The molecule has 0 bridgehead atoms. The standard InChI is InChI=1S/C23H26N2O8S/c1-5-33-22(26)19-16(13-34(28,29)15-9-7-6-8-10-15)24-23(27)25-20(19)14-11-17(30-2)21(32-4)18(12-14)31-3/h6-12,20H,5,13H2,1-4H3,(H2,24,25,27)/t20-/m0/s1. The van der Waals surface area contributed by atoms with E-state index in [-0.39, 0.29) is 22.8 Å². The number of carbonyl (C=O) groups is 2. The number of benzene rings is 2. The average Bonchev–Trinajstić information content (AvgIpc) is 2.83. The lowest BCUT2D eigenvalue weighted by atomic mass is 9.95. The van der Waals surface area contributed by atoms with Crippen molar-refractivity contribution in [2.24, 2.45) is 0 Å². The van der Waals surface area contributed by atoms with Gasteiger partial charge in [0, 0.05) is 5.70 Å². The maximum atomic E-state index is 13.0. The van der Waals surface area contributed by atoms with Gasteiger partial charge in [0.1, 0.15) is 0 Å². The molecule has 0 fully saturated rings. The monoisotopic (exact) mass is 490 g/mol. The smallest absolute Gasteiger partial charge is 0.338 e. The van der Waals surface area contributed by atoms with Crippen molar-refractivity contribution in [2.75, 3.05) is 33.7 Å². The predicted molar refractivity (Wildman–Crippen MR) is 123 cm³/mol. The molecule has 11 heteroatoms. The molecule has 10 nitrogen and oxygen atoms in total. The topological polar surface area (TPSA) is 129 Å². The molecule has 0 saturated heterocycles. The third kappa shape index (κ3) is 5.09. The number of hydrogen-bond donors (Lipinski definition) is 2. The van der Waals surface area contributed by atoms with Gasteiger partial charge in [-0.3, -0.25) is 0 Å². The average molecular weight is 491 g/mol. The molecular formula is C23H26N2O8S. The Balaban J connectivity index is 2.18. The molecular weight excluding hydrogens is 464 g/mol. The van der Waals surface area contributed by atoms with Gasteiger partial charge in [-0.1, -0.05) is 18.2 Å². The fraction of sp³-hybridized carbons (Fsp3) is 0.304. The van der Waals surface area contributed by atoms with Gasteiger partial charge in [0.15, 0.2) is 21.3 Å². The summed E-state index contributed by atoms with van der Waals surface area (Å²) in [4.78, 5) is 25.6. The van der Waals surface area contributed by atoms with Crippen LogP contribution in [0.3, 0.4) is 0 Å². The molecule has 0 aromatic heterocycles. The van der Waals surface area contributed by atoms with Crippen molar-refractivity contribution in [2.45, 2.75) is 17.9 Å². The predicted octanol–water partition coefficient (Wildman–Crippen LogP) is 2.36. The zero-order chi connectivity index (χ0) is 24.9. The van der Waals surface area contributed by atoms with E-state index in [1.165, 1.54) is 33.5 Å². The van der Waals surface area contributed by atoms with Crippen LogP contribution in [0.15, 0.2) is 58.6 Å². The SMILES string of the molecule is CCOC(=O)C1=C(CS(=O)(=O)c2ccccc2)NC(=O)N[C@H]1c1cc(OC)c(OC)c(OC)c1. The first-order chi connectivity index (χ1) is 16.2. The van der Waals surface area contributed by atoms with Crippen molar-refractivity contribution in [3.63, 3.8) is 0 Å². The number of carbonyl (C=O) groups excluding carboxylic acids is 2. The zero-order valence-corrected chi connectivity index (χ0v) is 20.0. The summed E-state index contributed by atoms with van der Waals surface area (Å²) in [7, 11) is 0.428. The van der Waals surface area contributed by atoms with Crippen LogP contribution >= 0.6 is 0 Å². The summed E-state index contributed by atoms with van der Waals surface area (Å²) in [6, 6.07) is 9.18. The molecule has 0 unspecified atom stereocenters. The van der Waals surface area contributed by atoms with Crippen LogP contribution in [0.1, 0.15) is 18.5 Å². The molecule has 1 aliphatic heterocycles. The Labute approximate surface area is 197 Å². The number of esters is 1. The van der Waals surface area contributed by atoms with Crippen molar-refractivity contribution in [3.8, 4) is 17.2 Å². The van der Waals surface area contributed by atoms with E-state index < -0.39 is 33.6 Å². The van der Waals surface area contributed by atoms with E-state index >= 15 is 0 Å². The molecule has 3 rings (SSSR count). The number of methoxy groups -OCH3 is 3. The lowest BCUT2D eigenvalue weighted by Gasteiger charge is -2.30. The van der Waals surface area contributed by atoms with Gasteiger partial charge in [-0.05, 0) is 36.8 Å². The van der Waals surface area contributed by atoms with E-state index in [9.17, 15) is 18.0 Å². The van der Waals surface area contributed by atoms with Gasteiger partial charge in [0.2, 0.25) is 5.75 Å². The Bertz CT molecular complexity index is 1180. The number of ether oxygens (including phenoxy) is 4. The van der Waals surface area contributed by atoms with E-state index in [2.05, 4.69) is 10.6 Å². The summed E-state index contributed by atoms with van der Waals surface area (Å²) >= 11 is 0. The van der Waals surface area contributed by atoms with Crippen molar-refractivity contribution in [3.05, 3.63) is 59.3 Å². The van der Waals surface area contributed by atoms with Crippen LogP contribution in [-0.4, -0.2) is 54.1 Å². The van der Waals surface area contributed by atoms with Crippen LogP contribution in [-0.2, 0) is 19.4 Å². The molecule has 2 aromatic rings. The van der Waals surface area contributed by atoms with Crippen LogP contribution in [0, 0.1) is 0 Å². The molecule has 0 saturated carbocycles. The van der Waals surface area contributed by atoms with Gasteiger partial charge in [-0.25, -0.2) is 18.0 Å². The highest BCUT2D eigenvalue weighted by Crippen LogP contribution is 2.41. The second-order valence-electron chi connectivity index (χ2n) is 7.17. The number of amides is 2. The Kier molecular flexibility index (Phi) is 7.67. The van der Waals surface area contributed by atoms with E-state index in [0.717, 1.165) is 0 Å². The summed E-state index contributed by atoms with van der Waals surface area (Å²) in [5, 5.41) is 5.14. The quantitative estimate of drug-likeness (QED) is 0.513. The zero-order valence-electron chi connectivity index (χ0n) is 19.2. The van der Waals surface area contributed by atoms with Gasteiger partial charge in [0.05, 0.1) is 50.2 Å². The molecule has 34 heavy (non-hydrogen) atoms. The summed E-state index contributed by atoms with van der Waals surface area (Å²) in [6.45, 7) is 1.68. The first kappa shape index (κ1) is 24.9. The maximum Gasteiger partial charge on any atom is 0.338 e. The second kappa shape index (κ2) is 10.5. The van der Waals surface area contributed by atoms with E-state index in [0.29, 0.717) is 22.8 Å². The number of sulfone groups is 1. The molecule has 2 aromatic carbocycles. The molecule has 1 aliphatic rings. The summed E-state index contributed by atoms with van der Waals surface area (Å²) in [5.74, 6) is -0.466. The van der Waals surface area contributed by atoms with Gasteiger partial charge in [-0.2, -0.15) is 0 Å². The molecule has 1 heterocycles. The van der Waals surface area contributed by atoms with Crippen LogP contribution in [0.2, 0.25) is 0 Å². The summed E-state index contributed by atoms with van der Waals surface area (Å²) < 4.78 is 47.4. The minimum Gasteiger partial charge on any atom is -0.493 e. The van der Waals surface area contributed by atoms with Gasteiger partial charge in [0.25, 0.3) is 0 Å². The van der Waals surface area contributed by atoms with Crippen molar-refractivity contribution >= 4 is 21.8 Å². The lowest BCUT2D eigenvalue weighted by Crippen LogP contribution is -2.47. The third-order valence-electron chi connectivity index (χ3n) is 5.11. The number of rotatable bonds is 9. The van der Waals surface area contributed by atoms with Crippen molar-refractivity contribution in [1.29, 1.82) is 0 Å². The minimum atomic E-state index is -3.88. The van der Waals surface area contributed by atoms with Crippen LogP contribution in [0.5, 0.6) is 17.2 Å². The molecule has 0 aliphatic carbocycles. The van der Waals surface area contributed by atoms with Crippen molar-refractivity contribution in [1.82, 2.24) is 10.6 Å². The Hall–Kier alpha value is -3.73. The highest BCUT2D eigenvalue weighted by Gasteiger charge is 2.36. The Morgan fingerprint density at radius 3 is 2.15 bits per heavy atom. The van der Waals surface area contributed by atoms with Gasteiger partial charge >= 0.3 is 12.0 Å². The van der Waals surface area contributed by atoms with Crippen LogP contribution in [0.4, 0.5) is 4.79 Å². The highest BCUT2D eigenvalue weighted by atomic mass is 32.2. The number of hydrogen-bond acceptors (Lipinski definition) is 8. The molecule has 2 N–H and O–H groups in total. The molecule has 2 amide bonds. The molecule has 0 spiro atoms. The van der Waals surface area contributed by atoms with Crippen LogP contribution in [0.25, 0.3) is 0 Å². The summed E-state index contributed by atoms with van der Waals surface area (Å²) in [6.07, 6.45) is 0. The minimum absolute atomic E-state index is 0.0461. The first-order valence-electron chi connectivity index (χ1n) is 10.3. The van der Waals surface area contributed by atoms with E-state index in [1.807, 2.05) is 0 Å². The molecule has 0 radical (unpaired) electrons.